The van der Waals surface area contributed by atoms with Crippen LogP contribution in [0.2, 0.25) is 0 Å². The van der Waals surface area contributed by atoms with Gasteiger partial charge in [0.25, 0.3) is 0 Å². The van der Waals surface area contributed by atoms with Crippen molar-refractivity contribution in [1.29, 1.82) is 0 Å². The molecular weight excluding hydrogens is 412 g/mol. The Hall–Kier alpha value is -3.69. The Bertz CT molecular complexity index is 1180. The Morgan fingerprint density at radius 3 is 2.75 bits per heavy atom. The minimum Gasteiger partial charge on any atom is -0.478 e. The summed E-state index contributed by atoms with van der Waals surface area (Å²) < 4.78 is 7.30. The van der Waals surface area contributed by atoms with E-state index in [1.807, 2.05) is 20.8 Å². The van der Waals surface area contributed by atoms with Crippen LogP contribution >= 0.6 is 0 Å². The molecule has 1 fully saturated rings. The van der Waals surface area contributed by atoms with Gasteiger partial charge in [-0.15, -0.1) is 0 Å². The van der Waals surface area contributed by atoms with E-state index >= 15 is 0 Å². The van der Waals surface area contributed by atoms with E-state index < -0.39 is 11.6 Å². The maximum Gasteiger partial charge on any atom is 0.410 e. The average molecular weight is 438 g/mol. The maximum absolute atomic E-state index is 12.6. The molecule has 1 aliphatic rings. The minimum atomic E-state index is -1.03. The lowest BCUT2D eigenvalue weighted by atomic mass is 10.1. The molecule has 32 heavy (non-hydrogen) atoms. The van der Waals surface area contributed by atoms with Gasteiger partial charge in [0.05, 0.1) is 17.0 Å². The topological polar surface area (TPSA) is 136 Å². The number of nitrogens with two attached hydrogens (primary N) is 1. The molecule has 0 saturated carbocycles. The van der Waals surface area contributed by atoms with Gasteiger partial charge in [0, 0.05) is 18.7 Å². The summed E-state index contributed by atoms with van der Waals surface area (Å²) in [4.78, 5) is 34.2. The molecule has 1 amide bonds. The molecule has 10 nitrogen and oxygen atoms in total. The van der Waals surface area contributed by atoms with Crippen molar-refractivity contribution in [3.63, 3.8) is 0 Å². The third kappa shape index (κ3) is 4.20. The molecule has 1 atom stereocenters. The lowest BCUT2D eigenvalue weighted by molar-refractivity contribution is 0.0169. The van der Waals surface area contributed by atoms with Crippen molar-refractivity contribution >= 4 is 28.9 Å². The largest absolute Gasteiger partial charge is 0.478 e. The molecule has 0 bridgehead atoms. The Labute approximate surface area is 185 Å². The van der Waals surface area contributed by atoms with E-state index in [1.54, 1.807) is 27.8 Å². The zero-order valence-corrected chi connectivity index (χ0v) is 18.3. The van der Waals surface area contributed by atoms with Crippen molar-refractivity contribution in [2.45, 2.75) is 45.3 Å². The first-order valence-corrected chi connectivity index (χ1v) is 10.4. The van der Waals surface area contributed by atoms with E-state index in [4.69, 9.17) is 15.6 Å². The third-order valence-electron chi connectivity index (χ3n) is 5.30. The van der Waals surface area contributed by atoms with Gasteiger partial charge in [0.15, 0.2) is 5.65 Å². The second kappa shape index (κ2) is 8.10. The molecule has 0 unspecified atom stereocenters. The third-order valence-corrected chi connectivity index (χ3v) is 5.30. The fraction of sp³-hybridized carbons (Fsp3) is 0.409. The van der Waals surface area contributed by atoms with E-state index in [-0.39, 0.29) is 23.5 Å². The fourth-order valence-electron chi connectivity index (χ4n) is 3.90. The number of amides is 1. The summed E-state index contributed by atoms with van der Waals surface area (Å²) in [5.41, 5.74) is 7.41. The molecular formula is C22H26N6O4. The molecule has 1 saturated heterocycles. The van der Waals surface area contributed by atoms with E-state index in [9.17, 15) is 14.7 Å². The van der Waals surface area contributed by atoms with Crippen molar-refractivity contribution < 1.29 is 19.4 Å². The monoisotopic (exact) mass is 438 g/mol. The smallest absolute Gasteiger partial charge is 0.410 e. The fourth-order valence-corrected chi connectivity index (χ4v) is 3.90. The van der Waals surface area contributed by atoms with Crippen molar-refractivity contribution in [2.75, 3.05) is 18.8 Å². The van der Waals surface area contributed by atoms with Crippen LogP contribution in [0.25, 0.3) is 22.3 Å². The number of fused-ring (bicyclic) bond motifs is 1. The van der Waals surface area contributed by atoms with Crippen LogP contribution < -0.4 is 5.73 Å². The Kier molecular flexibility index (Phi) is 5.45. The normalized spacial score (nSPS) is 16.8. The highest BCUT2D eigenvalue weighted by molar-refractivity contribution is 5.99. The summed E-state index contributed by atoms with van der Waals surface area (Å²) in [5.74, 6) is -0.767. The number of piperidine rings is 1. The molecule has 3 heterocycles. The molecule has 168 valence electrons. The van der Waals surface area contributed by atoms with Crippen molar-refractivity contribution in [1.82, 2.24) is 24.6 Å². The number of nitrogen functional groups attached to an aromatic ring is 1. The molecule has 1 aliphatic heterocycles. The minimum absolute atomic E-state index is 0.135. The molecule has 10 heteroatoms. The summed E-state index contributed by atoms with van der Waals surface area (Å²) in [6.45, 7) is 6.54. The standard InChI is InChI=1S/C22H26N6O4/c1-22(2,3)32-21(31)27-9-5-8-15(11-27)28-19-16(18(23)24-12-25-19)17(26-28)13-6-4-7-14(10-13)20(29)30/h4,6-7,10,12,15H,5,8-9,11H2,1-3H3,(H,29,30)(H2,23,24,25)/t15-/m1/s1. The predicted molar refractivity (Wildman–Crippen MR) is 118 cm³/mol. The first kappa shape index (κ1) is 21.5. The number of rotatable bonds is 3. The van der Waals surface area contributed by atoms with Crippen LogP contribution in [0.5, 0.6) is 0 Å². The number of aromatic carboxylic acids is 1. The highest BCUT2D eigenvalue weighted by Gasteiger charge is 2.31. The van der Waals surface area contributed by atoms with Crippen LogP contribution in [0.4, 0.5) is 10.6 Å². The molecule has 4 rings (SSSR count). The molecule has 0 radical (unpaired) electrons. The molecule has 1 aromatic carbocycles. The summed E-state index contributed by atoms with van der Waals surface area (Å²) >= 11 is 0. The van der Waals surface area contributed by atoms with Gasteiger partial charge in [-0.25, -0.2) is 24.2 Å². The van der Waals surface area contributed by atoms with Crippen LogP contribution in [0.1, 0.15) is 50.0 Å². The predicted octanol–water partition coefficient (Wildman–Crippen LogP) is 3.35. The zero-order valence-electron chi connectivity index (χ0n) is 18.3. The first-order valence-electron chi connectivity index (χ1n) is 10.4. The van der Waals surface area contributed by atoms with E-state index in [0.29, 0.717) is 35.4 Å². The number of ether oxygens (including phenoxy) is 1. The Morgan fingerprint density at radius 1 is 1.25 bits per heavy atom. The highest BCUT2D eigenvalue weighted by atomic mass is 16.6. The number of anilines is 1. The van der Waals surface area contributed by atoms with Gasteiger partial charge in [-0.05, 0) is 45.7 Å². The van der Waals surface area contributed by atoms with Gasteiger partial charge in [0.1, 0.15) is 23.4 Å². The summed E-state index contributed by atoms with van der Waals surface area (Å²) in [6, 6.07) is 6.37. The van der Waals surface area contributed by atoms with Crippen LogP contribution in [0.15, 0.2) is 30.6 Å². The highest BCUT2D eigenvalue weighted by Crippen LogP contribution is 2.34. The first-order chi connectivity index (χ1) is 15.1. The summed E-state index contributed by atoms with van der Waals surface area (Å²) in [5, 5.41) is 14.7. The number of aromatic nitrogens is 4. The number of hydrogen-bond acceptors (Lipinski definition) is 7. The molecule has 3 aromatic rings. The summed E-state index contributed by atoms with van der Waals surface area (Å²) in [6.07, 6.45) is 2.61. The number of carbonyl (C=O) groups excluding carboxylic acids is 1. The van der Waals surface area contributed by atoms with Gasteiger partial charge in [-0.1, -0.05) is 12.1 Å². The van der Waals surface area contributed by atoms with Crippen molar-refractivity contribution in [3.05, 3.63) is 36.2 Å². The number of carbonyl (C=O) groups is 2. The van der Waals surface area contributed by atoms with Crippen LogP contribution in [-0.2, 0) is 4.74 Å². The van der Waals surface area contributed by atoms with Gasteiger partial charge >= 0.3 is 12.1 Å². The van der Waals surface area contributed by atoms with Gasteiger partial charge in [-0.3, -0.25) is 0 Å². The van der Waals surface area contributed by atoms with Crippen molar-refractivity contribution in [2.24, 2.45) is 0 Å². The number of carboxylic acid groups (broad SMARTS) is 1. The second-order valence-electron chi connectivity index (χ2n) is 8.86. The average Bonchev–Trinajstić information content (AvgIpc) is 3.14. The van der Waals surface area contributed by atoms with Gasteiger partial charge in [-0.2, -0.15) is 5.10 Å². The number of carboxylic acids is 1. The Balaban J connectivity index is 1.74. The molecule has 3 N–H and O–H groups in total. The van der Waals surface area contributed by atoms with Crippen LogP contribution in [0.3, 0.4) is 0 Å². The lowest BCUT2D eigenvalue weighted by Crippen LogP contribution is -2.43. The molecule has 2 aromatic heterocycles. The van der Waals surface area contributed by atoms with Gasteiger partial charge in [0.2, 0.25) is 0 Å². The molecule has 0 spiro atoms. The van der Waals surface area contributed by atoms with Crippen LogP contribution in [0, 0.1) is 0 Å². The quantitative estimate of drug-likeness (QED) is 0.635. The number of hydrogen-bond donors (Lipinski definition) is 2. The SMILES string of the molecule is CC(C)(C)OC(=O)N1CCC[C@@H](n2nc(-c3cccc(C(=O)O)c3)c3c(N)ncnc32)C1. The van der Waals surface area contributed by atoms with Crippen LogP contribution in [-0.4, -0.2) is 60.5 Å². The van der Waals surface area contributed by atoms with E-state index in [2.05, 4.69) is 9.97 Å². The number of benzene rings is 1. The molecule has 0 aliphatic carbocycles. The van der Waals surface area contributed by atoms with E-state index in [1.165, 1.54) is 12.4 Å². The number of likely N-dealkylation sites (tertiary alicyclic amines) is 1. The van der Waals surface area contributed by atoms with Gasteiger partial charge < -0.3 is 20.5 Å². The second-order valence-corrected chi connectivity index (χ2v) is 8.86. The number of nitrogens with zero attached hydrogens (tertiary/aromatic N) is 5. The van der Waals surface area contributed by atoms with E-state index in [0.717, 1.165) is 12.8 Å². The lowest BCUT2D eigenvalue weighted by Gasteiger charge is -2.34. The maximum atomic E-state index is 12.6. The Morgan fingerprint density at radius 2 is 2.03 bits per heavy atom. The zero-order chi connectivity index (χ0) is 23.0. The van der Waals surface area contributed by atoms with Crippen molar-refractivity contribution in [3.8, 4) is 11.3 Å². The summed E-state index contributed by atoms with van der Waals surface area (Å²) in [7, 11) is 0.